The fourth-order valence-corrected chi connectivity index (χ4v) is 3.38. The first-order valence-electron chi connectivity index (χ1n) is 7.94. The molecule has 1 amide bonds. The van der Waals surface area contributed by atoms with Gasteiger partial charge in [0.05, 0.1) is 11.3 Å². The van der Waals surface area contributed by atoms with Crippen molar-refractivity contribution in [3.63, 3.8) is 0 Å². The Morgan fingerprint density at radius 2 is 1.83 bits per heavy atom. The van der Waals surface area contributed by atoms with Crippen LogP contribution in [0.15, 0.2) is 59.6 Å². The Hall–Kier alpha value is -2.33. The van der Waals surface area contributed by atoms with E-state index in [4.69, 9.17) is 4.98 Å². The lowest BCUT2D eigenvalue weighted by atomic mass is 10.1. The molecule has 0 aliphatic heterocycles. The monoisotopic (exact) mass is 336 g/mol. The van der Waals surface area contributed by atoms with Crippen molar-refractivity contribution in [3.8, 4) is 0 Å². The molecule has 122 valence electrons. The van der Waals surface area contributed by atoms with Gasteiger partial charge in [-0.1, -0.05) is 60.3 Å². The van der Waals surface area contributed by atoms with Gasteiger partial charge in [0.1, 0.15) is 5.03 Å². The summed E-state index contributed by atoms with van der Waals surface area (Å²) < 4.78 is 0. The second-order valence-electron chi connectivity index (χ2n) is 5.81. The lowest BCUT2D eigenvalue weighted by Gasteiger charge is -2.09. The van der Waals surface area contributed by atoms with Crippen molar-refractivity contribution in [1.29, 1.82) is 0 Å². The number of amides is 1. The van der Waals surface area contributed by atoms with Crippen LogP contribution in [-0.2, 0) is 11.3 Å². The molecule has 0 aliphatic rings. The van der Waals surface area contributed by atoms with Gasteiger partial charge in [0, 0.05) is 11.9 Å². The van der Waals surface area contributed by atoms with Crippen molar-refractivity contribution < 1.29 is 4.79 Å². The number of para-hydroxylation sites is 1. The summed E-state index contributed by atoms with van der Waals surface area (Å²) in [5, 5.41) is 5.02. The lowest BCUT2D eigenvalue weighted by Crippen LogP contribution is -2.24. The van der Waals surface area contributed by atoms with E-state index < -0.39 is 0 Å². The van der Waals surface area contributed by atoms with Crippen LogP contribution in [-0.4, -0.2) is 16.6 Å². The largest absolute Gasteiger partial charge is 0.351 e. The van der Waals surface area contributed by atoms with E-state index in [9.17, 15) is 4.79 Å². The Morgan fingerprint density at radius 1 is 1.04 bits per heavy atom. The number of nitrogens with one attached hydrogen (secondary N) is 1. The van der Waals surface area contributed by atoms with E-state index in [-0.39, 0.29) is 5.91 Å². The number of pyridine rings is 1. The van der Waals surface area contributed by atoms with Crippen LogP contribution in [0.4, 0.5) is 0 Å². The second kappa shape index (κ2) is 7.49. The highest BCUT2D eigenvalue weighted by Gasteiger charge is 2.09. The maximum Gasteiger partial charge on any atom is 0.230 e. The third-order valence-corrected chi connectivity index (χ3v) is 4.96. The molecule has 0 saturated heterocycles. The van der Waals surface area contributed by atoms with Gasteiger partial charge in [0.15, 0.2) is 0 Å². The molecule has 0 spiro atoms. The molecule has 3 aromatic rings. The Morgan fingerprint density at radius 3 is 2.62 bits per heavy atom. The number of aryl methyl sites for hydroxylation is 2. The Balaban J connectivity index is 1.63. The molecular weight excluding hydrogens is 316 g/mol. The highest BCUT2D eigenvalue weighted by molar-refractivity contribution is 7.99. The molecule has 0 fully saturated rings. The third-order valence-electron chi connectivity index (χ3n) is 3.86. The molecule has 0 saturated carbocycles. The molecule has 3 rings (SSSR count). The van der Waals surface area contributed by atoms with Crippen LogP contribution in [0.5, 0.6) is 0 Å². The van der Waals surface area contributed by atoms with Crippen LogP contribution in [0.3, 0.4) is 0 Å². The van der Waals surface area contributed by atoms with Crippen LogP contribution < -0.4 is 5.32 Å². The molecule has 1 N–H and O–H groups in total. The smallest absolute Gasteiger partial charge is 0.230 e. The fourth-order valence-electron chi connectivity index (χ4n) is 2.56. The number of hydrogen-bond donors (Lipinski definition) is 1. The average molecular weight is 336 g/mol. The van der Waals surface area contributed by atoms with Gasteiger partial charge in [-0.2, -0.15) is 0 Å². The summed E-state index contributed by atoms with van der Waals surface area (Å²) in [5.41, 5.74) is 4.37. The summed E-state index contributed by atoms with van der Waals surface area (Å²) in [6, 6.07) is 18.2. The van der Waals surface area contributed by atoms with E-state index in [1.165, 1.54) is 11.8 Å². The van der Waals surface area contributed by atoms with E-state index in [1.54, 1.807) is 0 Å². The van der Waals surface area contributed by atoms with Crippen LogP contribution in [0.1, 0.15) is 16.7 Å². The van der Waals surface area contributed by atoms with E-state index in [0.717, 1.165) is 32.6 Å². The first kappa shape index (κ1) is 16.5. The Labute approximate surface area is 146 Å². The van der Waals surface area contributed by atoms with Gasteiger partial charge < -0.3 is 5.32 Å². The zero-order chi connectivity index (χ0) is 16.9. The van der Waals surface area contributed by atoms with E-state index in [1.807, 2.05) is 43.3 Å². The van der Waals surface area contributed by atoms with Crippen molar-refractivity contribution in [2.45, 2.75) is 25.4 Å². The molecule has 0 atom stereocenters. The number of rotatable bonds is 5. The number of carbonyl (C=O) groups is 1. The number of hydrogen-bond acceptors (Lipinski definition) is 3. The summed E-state index contributed by atoms with van der Waals surface area (Å²) >= 11 is 1.49. The molecule has 0 radical (unpaired) electrons. The molecule has 0 unspecified atom stereocenters. The minimum Gasteiger partial charge on any atom is -0.351 e. The first-order chi connectivity index (χ1) is 11.6. The topological polar surface area (TPSA) is 42.0 Å². The van der Waals surface area contributed by atoms with Crippen molar-refractivity contribution in [1.82, 2.24) is 10.3 Å². The van der Waals surface area contributed by atoms with Crippen molar-refractivity contribution >= 4 is 28.6 Å². The van der Waals surface area contributed by atoms with Crippen LogP contribution in [0, 0.1) is 13.8 Å². The maximum absolute atomic E-state index is 12.1. The van der Waals surface area contributed by atoms with Gasteiger partial charge in [-0.15, -0.1) is 0 Å². The summed E-state index contributed by atoms with van der Waals surface area (Å²) in [4.78, 5) is 16.8. The van der Waals surface area contributed by atoms with Gasteiger partial charge in [0.2, 0.25) is 5.91 Å². The van der Waals surface area contributed by atoms with Crippen molar-refractivity contribution in [2.24, 2.45) is 0 Å². The zero-order valence-electron chi connectivity index (χ0n) is 13.9. The minimum atomic E-state index is 0.0231. The van der Waals surface area contributed by atoms with E-state index >= 15 is 0 Å². The number of benzene rings is 2. The fraction of sp³-hybridized carbons (Fsp3) is 0.200. The van der Waals surface area contributed by atoms with Gasteiger partial charge >= 0.3 is 0 Å². The first-order valence-corrected chi connectivity index (χ1v) is 8.92. The van der Waals surface area contributed by atoms with Crippen LogP contribution in [0.25, 0.3) is 10.9 Å². The highest BCUT2D eigenvalue weighted by atomic mass is 32.2. The van der Waals surface area contributed by atoms with Crippen molar-refractivity contribution in [3.05, 3.63) is 71.3 Å². The molecule has 3 nitrogen and oxygen atoms in total. The number of thioether (sulfide) groups is 1. The van der Waals surface area contributed by atoms with Gasteiger partial charge in [-0.25, -0.2) is 4.98 Å². The predicted molar refractivity (Wildman–Crippen MR) is 100 cm³/mol. The standard InChI is InChI=1S/C20H20N2OS/c1-14-7-6-10-17-11-15(2)20(22-19(14)17)24-13-18(23)21-12-16-8-4-3-5-9-16/h3-11H,12-13H2,1-2H3,(H,21,23). The molecule has 0 aliphatic carbocycles. The van der Waals surface area contributed by atoms with Crippen molar-refractivity contribution in [2.75, 3.05) is 5.75 Å². The summed E-state index contributed by atoms with van der Waals surface area (Å²) in [5.74, 6) is 0.396. The molecular formula is C20H20N2OS. The molecule has 1 heterocycles. The summed E-state index contributed by atoms with van der Waals surface area (Å²) in [6.45, 7) is 4.66. The lowest BCUT2D eigenvalue weighted by molar-refractivity contribution is -0.118. The normalized spacial score (nSPS) is 10.8. The van der Waals surface area contributed by atoms with E-state index in [2.05, 4.69) is 30.4 Å². The molecule has 0 bridgehead atoms. The molecule has 2 aromatic carbocycles. The number of aromatic nitrogens is 1. The minimum absolute atomic E-state index is 0.0231. The molecule has 1 aromatic heterocycles. The second-order valence-corrected chi connectivity index (χ2v) is 6.77. The predicted octanol–water partition coefficient (Wildman–Crippen LogP) is 4.26. The molecule has 24 heavy (non-hydrogen) atoms. The average Bonchev–Trinajstić information content (AvgIpc) is 2.59. The number of carbonyl (C=O) groups excluding carboxylic acids is 1. The van der Waals surface area contributed by atoms with Gasteiger partial charge in [-0.3, -0.25) is 4.79 Å². The Kier molecular flexibility index (Phi) is 5.16. The third kappa shape index (κ3) is 3.95. The Bertz CT molecular complexity index is 862. The SMILES string of the molecule is Cc1cc2cccc(C)c2nc1SCC(=O)NCc1ccccc1. The zero-order valence-corrected chi connectivity index (χ0v) is 14.7. The maximum atomic E-state index is 12.1. The van der Waals surface area contributed by atoms with Gasteiger partial charge in [-0.05, 0) is 36.6 Å². The van der Waals surface area contributed by atoms with Crippen LogP contribution >= 0.6 is 11.8 Å². The summed E-state index contributed by atoms with van der Waals surface area (Å²) in [7, 11) is 0. The van der Waals surface area contributed by atoms with E-state index in [0.29, 0.717) is 12.3 Å². The highest BCUT2D eigenvalue weighted by Crippen LogP contribution is 2.25. The number of nitrogens with zero attached hydrogens (tertiary/aromatic N) is 1. The number of fused-ring (bicyclic) bond motifs is 1. The van der Waals surface area contributed by atoms with Gasteiger partial charge in [0.25, 0.3) is 0 Å². The summed E-state index contributed by atoms with van der Waals surface area (Å²) in [6.07, 6.45) is 0. The quantitative estimate of drug-likeness (QED) is 0.708. The van der Waals surface area contributed by atoms with Crippen LogP contribution in [0.2, 0.25) is 0 Å². The molecule has 4 heteroatoms.